The van der Waals surface area contributed by atoms with Crippen LogP contribution < -0.4 is 0 Å². The first-order valence-corrected chi connectivity index (χ1v) is 7.38. The number of nitrogens with zero attached hydrogens (tertiary/aromatic N) is 1. The lowest BCUT2D eigenvalue weighted by molar-refractivity contribution is 0.823. The van der Waals surface area contributed by atoms with Crippen LogP contribution in [0.4, 0.5) is 0 Å². The second-order valence-electron chi connectivity index (χ2n) is 3.14. The van der Waals surface area contributed by atoms with Crippen molar-refractivity contribution >= 4 is 69.4 Å². The molecule has 0 aromatic heterocycles. The Morgan fingerprint density at radius 2 is 2.08 bits per heavy atom. The zero-order valence-corrected chi connectivity index (χ0v) is 13.6. The van der Waals surface area contributed by atoms with Gasteiger partial charge in [0.15, 0.2) is 0 Å². The number of aliphatic imine (C=N–C) groups is 1. The third-order valence-electron chi connectivity index (χ3n) is 1.95. The number of halogens is 4. The van der Waals surface area contributed by atoms with Crippen LogP contribution in [0.3, 0.4) is 0 Å². The zero-order chi connectivity index (χ0) is 10.1. The van der Waals surface area contributed by atoms with Crippen molar-refractivity contribution < 1.29 is 0 Å². The average Bonchev–Trinajstić information content (AvgIpc) is 2.29. The topological polar surface area (TPSA) is 12.4 Å². The molecule has 0 aromatic carbocycles. The van der Waals surface area contributed by atoms with Gasteiger partial charge in [-0.1, -0.05) is 77.1 Å². The van der Waals surface area contributed by atoms with E-state index >= 15 is 0 Å². The molecule has 0 atom stereocenters. The lowest BCUT2D eigenvalue weighted by Gasteiger charge is -2.27. The monoisotopic (exact) mass is 437 g/mol. The molecule has 13 heavy (non-hydrogen) atoms. The van der Waals surface area contributed by atoms with Gasteiger partial charge in [0.05, 0.1) is 5.71 Å². The molecule has 1 heterocycles. The Hall–Kier alpha value is 1.59. The van der Waals surface area contributed by atoms with Gasteiger partial charge in [0.2, 0.25) is 0 Å². The second kappa shape index (κ2) is 4.62. The van der Waals surface area contributed by atoms with E-state index in [9.17, 15) is 0 Å². The van der Waals surface area contributed by atoms with E-state index in [4.69, 9.17) is 0 Å². The Balaban J connectivity index is 2.81. The number of hydrogen-bond acceptors (Lipinski definition) is 1. The summed E-state index contributed by atoms with van der Waals surface area (Å²) < 4.78 is -0.277. The Kier molecular flexibility index (Phi) is 4.50. The SMILES string of the molecule is CCCC(Br)(Br)C1=NCCC1(Br)Br. The van der Waals surface area contributed by atoms with Gasteiger partial charge in [-0.3, -0.25) is 4.99 Å². The molecule has 0 aromatic rings. The van der Waals surface area contributed by atoms with Gasteiger partial charge in [0.25, 0.3) is 0 Å². The fourth-order valence-electron chi connectivity index (χ4n) is 1.36. The van der Waals surface area contributed by atoms with Gasteiger partial charge in [-0.05, 0) is 12.8 Å². The maximum Gasteiger partial charge on any atom is 0.122 e. The molecule has 0 fully saturated rings. The summed E-state index contributed by atoms with van der Waals surface area (Å²) in [5.41, 5.74) is 1.11. The van der Waals surface area contributed by atoms with E-state index in [2.05, 4.69) is 75.6 Å². The number of rotatable bonds is 3. The van der Waals surface area contributed by atoms with Gasteiger partial charge in [-0.2, -0.15) is 0 Å². The molecular formula is C8H11Br4N. The van der Waals surface area contributed by atoms with Crippen molar-refractivity contribution in [2.24, 2.45) is 4.99 Å². The van der Waals surface area contributed by atoms with Crippen LogP contribution in [-0.2, 0) is 0 Å². The van der Waals surface area contributed by atoms with E-state index < -0.39 is 0 Å². The molecule has 0 saturated heterocycles. The summed E-state index contributed by atoms with van der Waals surface area (Å²) in [5, 5.41) is 0. The van der Waals surface area contributed by atoms with Crippen molar-refractivity contribution in [2.45, 2.75) is 32.7 Å². The van der Waals surface area contributed by atoms with Gasteiger partial charge in [-0.15, -0.1) is 0 Å². The van der Waals surface area contributed by atoms with E-state index in [0.29, 0.717) is 0 Å². The van der Waals surface area contributed by atoms with Crippen LogP contribution in [0.2, 0.25) is 0 Å². The predicted molar refractivity (Wildman–Crippen MR) is 73.0 cm³/mol. The fraction of sp³-hybridized carbons (Fsp3) is 0.875. The first kappa shape index (κ1) is 12.7. The van der Waals surface area contributed by atoms with E-state index in [1.54, 1.807) is 0 Å². The molecule has 1 rings (SSSR count). The second-order valence-corrected chi connectivity index (χ2v) is 10.7. The van der Waals surface area contributed by atoms with Crippen molar-refractivity contribution in [2.75, 3.05) is 6.54 Å². The minimum Gasteiger partial charge on any atom is -0.289 e. The first-order chi connectivity index (χ1) is 5.90. The summed E-state index contributed by atoms with van der Waals surface area (Å²) in [4.78, 5) is 4.51. The molecular weight excluding hydrogens is 430 g/mol. The molecule has 0 N–H and O–H groups in total. The normalized spacial score (nSPS) is 21.8. The number of alkyl halides is 4. The summed E-state index contributed by atoms with van der Waals surface area (Å²) in [6, 6.07) is 0. The predicted octanol–water partition coefficient (Wildman–Crippen LogP) is 4.60. The minimum absolute atomic E-state index is 0.123. The Morgan fingerprint density at radius 1 is 1.46 bits per heavy atom. The summed E-state index contributed by atoms with van der Waals surface area (Å²) >= 11 is 14.6. The third-order valence-corrected chi connectivity index (χ3v) is 5.04. The molecule has 76 valence electrons. The van der Waals surface area contributed by atoms with E-state index in [0.717, 1.165) is 31.5 Å². The van der Waals surface area contributed by atoms with Crippen molar-refractivity contribution in [1.82, 2.24) is 0 Å². The van der Waals surface area contributed by atoms with Gasteiger partial charge in [0, 0.05) is 6.54 Å². The summed E-state index contributed by atoms with van der Waals surface area (Å²) in [6.45, 7) is 3.05. The van der Waals surface area contributed by atoms with Crippen LogP contribution in [-0.4, -0.2) is 18.7 Å². The van der Waals surface area contributed by atoms with Gasteiger partial charge >= 0.3 is 0 Å². The number of hydrogen-bond donors (Lipinski definition) is 0. The van der Waals surface area contributed by atoms with E-state index in [-0.39, 0.29) is 6.47 Å². The standard InChI is InChI=1S/C8H11Br4N/c1-2-3-7(9,10)6-8(11,12)4-5-13-6/h2-5H2,1H3. The minimum atomic E-state index is -0.155. The van der Waals surface area contributed by atoms with Gasteiger partial charge in [0.1, 0.15) is 6.47 Å². The van der Waals surface area contributed by atoms with Crippen LogP contribution in [0.1, 0.15) is 26.2 Å². The smallest absolute Gasteiger partial charge is 0.122 e. The molecule has 0 saturated carbocycles. The molecule has 0 unspecified atom stereocenters. The quantitative estimate of drug-likeness (QED) is 0.569. The highest BCUT2D eigenvalue weighted by Gasteiger charge is 2.44. The van der Waals surface area contributed by atoms with E-state index in [1.807, 2.05) is 0 Å². The van der Waals surface area contributed by atoms with Gasteiger partial charge < -0.3 is 0 Å². The van der Waals surface area contributed by atoms with Crippen LogP contribution in [0.15, 0.2) is 4.99 Å². The highest BCUT2D eigenvalue weighted by Crippen LogP contribution is 2.47. The van der Waals surface area contributed by atoms with Crippen LogP contribution >= 0.6 is 63.7 Å². The highest BCUT2D eigenvalue weighted by atomic mass is 79.9. The maximum absolute atomic E-state index is 4.51. The van der Waals surface area contributed by atoms with Crippen LogP contribution in [0.25, 0.3) is 0 Å². The molecule has 0 amide bonds. The van der Waals surface area contributed by atoms with Crippen molar-refractivity contribution in [1.29, 1.82) is 0 Å². The highest BCUT2D eigenvalue weighted by molar-refractivity contribution is 9.27. The largest absolute Gasteiger partial charge is 0.289 e. The Labute approximate surface area is 113 Å². The lowest BCUT2D eigenvalue weighted by atomic mass is 10.1. The molecule has 0 aliphatic carbocycles. The summed E-state index contributed by atoms with van der Waals surface area (Å²) in [5.74, 6) is 0. The molecule has 0 bridgehead atoms. The molecule has 0 spiro atoms. The molecule has 1 aliphatic heterocycles. The molecule has 0 radical (unpaired) electrons. The van der Waals surface area contributed by atoms with Crippen molar-refractivity contribution in [3.05, 3.63) is 0 Å². The first-order valence-electron chi connectivity index (χ1n) is 4.21. The fourth-order valence-corrected chi connectivity index (χ4v) is 5.42. The lowest BCUT2D eigenvalue weighted by Crippen LogP contribution is -2.35. The van der Waals surface area contributed by atoms with Gasteiger partial charge in [-0.25, -0.2) is 0 Å². The maximum atomic E-state index is 4.51. The molecule has 1 nitrogen and oxygen atoms in total. The molecule has 5 heteroatoms. The van der Waals surface area contributed by atoms with Crippen LogP contribution in [0.5, 0.6) is 0 Å². The van der Waals surface area contributed by atoms with Crippen molar-refractivity contribution in [3.63, 3.8) is 0 Å². The Bertz CT molecular complexity index is 222. The Morgan fingerprint density at radius 3 is 2.46 bits per heavy atom. The summed E-state index contributed by atoms with van der Waals surface area (Å²) in [7, 11) is 0. The van der Waals surface area contributed by atoms with Crippen LogP contribution in [0, 0.1) is 0 Å². The zero-order valence-electron chi connectivity index (χ0n) is 7.29. The third kappa shape index (κ3) is 3.02. The summed E-state index contributed by atoms with van der Waals surface area (Å²) in [6.07, 6.45) is 3.15. The molecule has 1 aliphatic rings. The van der Waals surface area contributed by atoms with E-state index in [1.165, 1.54) is 0 Å². The van der Waals surface area contributed by atoms with Crippen molar-refractivity contribution in [3.8, 4) is 0 Å². The average molecular weight is 441 g/mol.